The third-order valence-electron chi connectivity index (χ3n) is 3.13. The predicted octanol–water partition coefficient (Wildman–Crippen LogP) is 1.50. The summed E-state index contributed by atoms with van der Waals surface area (Å²) in [5.74, 6) is 0.702. The molecule has 3 heteroatoms. The second-order valence-electron chi connectivity index (χ2n) is 4.42. The van der Waals surface area contributed by atoms with Crippen LogP contribution >= 0.6 is 0 Å². The van der Waals surface area contributed by atoms with E-state index in [2.05, 4.69) is 17.2 Å². The second kappa shape index (κ2) is 4.73. The van der Waals surface area contributed by atoms with E-state index in [1.165, 1.54) is 6.42 Å². The minimum Gasteiger partial charge on any atom is -0.387 e. The van der Waals surface area contributed by atoms with E-state index in [0.717, 1.165) is 18.5 Å². The Morgan fingerprint density at radius 2 is 2.20 bits per heavy atom. The van der Waals surface area contributed by atoms with Gasteiger partial charge in [0.1, 0.15) is 0 Å². The highest BCUT2D eigenvalue weighted by Crippen LogP contribution is 2.25. The van der Waals surface area contributed by atoms with Crippen molar-refractivity contribution in [3.05, 3.63) is 30.1 Å². The van der Waals surface area contributed by atoms with Crippen LogP contribution in [0.15, 0.2) is 24.5 Å². The topological polar surface area (TPSA) is 45.1 Å². The van der Waals surface area contributed by atoms with Gasteiger partial charge in [-0.2, -0.15) is 0 Å². The number of aliphatic hydroxyl groups excluding tert-OH is 1. The van der Waals surface area contributed by atoms with E-state index in [1.54, 1.807) is 12.4 Å². The molecule has 1 aliphatic heterocycles. The van der Waals surface area contributed by atoms with Gasteiger partial charge in [-0.15, -0.1) is 0 Å². The van der Waals surface area contributed by atoms with Gasteiger partial charge in [0.05, 0.1) is 6.10 Å². The lowest BCUT2D eigenvalue weighted by Gasteiger charge is -2.31. The van der Waals surface area contributed by atoms with Gasteiger partial charge in [0.15, 0.2) is 0 Å². The number of rotatable bonds is 2. The van der Waals surface area contributed by atoms with Crippen LogP contribution in [-0.2, 0) is 0 Å². The zero-order chi connectivity index (χ0) is 10.7. The van der Waals surface area contributed by atoms with Crippen molar-refractivity contribution in [1.82, 2.24) is 10.3 Å². The third kappa shape index (κ3) is 2.55. The summed E-state index contributed by atoms with van der Waals surface area (Å²) in [7, 11) is 0. The van der Waals surface area contributed by atoms with Crippen molar-refractivity contribution in [2.75, 3.05) is 6.54 Å². The van der Waals surface area contributed by atoms with Crippen molar-refractivity contribution in [3.8, 4) is 0 Å². The number of pyridine rings is 1. The fourth-order valence-electron chi connectivity index (χ4n) is 2.18. The maximum Gasteiger partial charge on any atom is 0.0944 e. The highest BCUT2D eigenvalue weighted by Gasteiger charge is 2.25. The Bertz CT molecular complexity index is 302. The average molecular weight is 206 g/mol. The Morgan fingerprint density at radius 1 is 1.47 bits per heavy atom. The first-order valence-corrected chi connectivity index (χ1v) is 5.58. The van der Waals surface area contributed by atoms with Crippen LogP contribution in [0.2, 0.25) is 0 Å². The van der Waals surface area contributed by atoms with Crippen molar-refractivity contribution in [2.24, 2.45) is 5.92 Å². The van der Waals surface area contributed by atoms with E-state index in [4.69, 9.17) is 0 Å². The molecule has 0 aliphatic carbocycles. The zero-order valence-corrected chi connectivity index (χ0v) is 9.06. The summed E-state index contributed by atoms with van der Waals surface area (Å²) in [5, 5.41) is 13.6. The van der Waals surface area contributed by atoms with E-state index < -0.39 is 6.10 Å². The number of hydrogen-bond acceptors (Lipinski definition) is 3. The fraction of sp³-hybridized carbons (Fsp3) is 0.583. The summed E-state index contributed by atoms with van der Waals surface area (Å²) in [6, 6.07) is 3.95. The summed E-state index contributed by atoms with van der Waals surface area (Å²) < 4.78 is 0. The molecule has 0 bridgehead atoms. The third-order valence-corrected chi connectivity index (χ3v) is 3.13. The predicted molar refractivity (Wildman–Crippen MR) is 59.4 cm³/mol. The fourth-order valence-corrected chi connectivity index (χ4v) is 2.18. The van der Waals surface area contributed by atoms with E-state index >= 15 is 0 Å². The minimum atomic E-state index is -0.407. The molecule has 0 aromatic carbocycles. The lowest BCUT2D eigenvalue weighted by molar-refractivity contribution is 0.101. The van der Waals surface area contributed by atoms with E-state index in [1.807, 2.05) is 12.1 Å². The Hall–Kier alpha value is -0.930. The highest BCUT2D eigenvalue weighted by molar-refractivity contribution is 5.15. The molecule has 82 valence electrons. The molecule has 3 unspecified atom stereocenters. The van der Waals surface area contributed by atoms with Crippen LogP contribution in [0.4, 0.5) is 0 Å². The van der Waals surface area contributed by atoms with Gasteiger partial charge in [0, 0.05) is 18.4 Å². The van der Waals surface area contributed by atoms with Crippen molar-refractivity contribution in [3.63, 3.8) is 0 Å². The van der Waals surface area contributed by atoms with Crippen LogP contribution < -0.4 is 5.32 Å². The number of aromatic nitrogens is 1. The van der Waals surface area contributed by atoms with E-state index in [-0.39, 0.29) is 6.04 Å². The summed E-state index contributed by atoms with van der Waals surface area (Å²) in [4.78, 5) is 3.96. The molecule has 1 aromatic heterocycles. The first kappa shape index (κ1) is 10.6. The molecule has 2 rings (SSSR count). The summed E-state index contributed by atoms with van der Waals surface area (Å²) in [6.07, 6.45) is 5.30. The molecule has 3 atom stereocenters. The van der Waals surface area contributed by atoms with Gasteiger partial charge in [-0.05, 0) is 43.0 Å². The largest absolute Gasteiger partial charge is 0.387 e. The smallest absolute Gasteiger partial charge is 0.0944 e. The van der Waals surface area contributed by atoms with Gasteiger partial charge in [-0.25, -0.2) is 0 Å². The zero-order valence-electron chi connectivity index (χ0n) is 9.06. The van der Waals surface area contributed by atoms with E-state index in [9.17, 15) is 5.11 Å². The SMILES string of the molecule is CC1CCNC(C(O)c2ccncc2)C1. The van der Waals surface area contributed by atoms with Gasteiger partial charge in [-0.1, -0.05) is 6.92 Å². The molecule has 3 nitrogen and oxygen atoms in total. The number of hydrogen-bond donors (Lipinski definition) is 2. The van der Waals surface area contributed by atoms with Gasteiger partial charge >= 0.3 is 0 Å². The molecule has 1 fully saturated rings. The highest BCUT2D eigenvalue weighted by atomic mass is 16.3. The second-order valence-corrected chi connectivity index (χ2v) is 4.42. The van der Waals surface area contributed by atoms with Gasteiger partial charge in [0.2, 0.25) is 0 Å². The lowest BCUT2D eigenvalue weighted by Crippen LogP contribution is -2.41. The molecule has 0 amide bonds. The molecule has 1 aliphatic rings. The average Bonchev–Trinajstić information content (AvgIpc) is 2.29. The van der Waals surface area contributed by atoms with Crippen LogP contribution in [-0.4, -0.2) is 22.7 Å². The molecule has 2 heterocycles. The summed E-state index contributed by atoms with van der Waals surface area (Å²) in [5.41, 5.74) is 0.955. The molecule has 0 spiro atoms. The monoisotopic (exact) mass is 206 g/mol. The Balaban J connectivity index is 2.04. The lowest BCUT2D eigenvalue weighted by atomic mass is 9.89. The number of aliphatic hydroxyl groups is 1. The number of nitrogens with one attached hydrogen (secondary N) is 1. The molecule has 0 radical (unpaired) electrons. The normalized spacial score (nSPS) is 28.7. The summed E-state index contributed by atoms with van der Waals surface area (Å²) in [6.45, 7) is 3.25. The molecule has 1 saturated heterocycles. The van der Waals surface area contributed by atoms with Crippen LogP contribution in [0.25, 0.3) is 0 Å². The Kier molecular flexibility index (Phi) is 3.34. The maximum absolute atomic E-state index is 10.2. The quantitative estimate of drug-likeness (QED) is 0.771. The van der Waals surface area contributed by atoms with Crippen LogP contribution in [0.1, 0.15) is 31.4 Å². The minimum absolute atomic E-state index is 0.191. The van der Waals surface area contributed by atoms with Crippen molar-refractivity contribution >= 4 is 0 Å². The van der Waals surface area contributed by atoms with Crippen LogP contribution in [0.5, 0.6) is 0 Å². The first-order valence-electron chi connectivity index (χ1n) is 5.58. The first-order chi connectivity index (χ1) is 7.27. The van der Waals surface area contributed by atoms with Crippen molar-refractivity contribution < 1.29 is 5.11 Å². The van der Waals surface area contributed by atoms with E-state index in [0.29, 0.717) is 5.92 Å². The molecule has 1 aromatic rings. The molecule has 2 N–H and O–H groups in total. The Morgan fingerprint density at radius 3 is 2.87 bits per heavy atom. The van der Waals surface area contributed by atoms with Crippen LogP contribution in [0.3, 0.4) is 0 Å². The van der Waals surface area contributed by atoms with Gasteiger partial charge in [-0.3, -0.25) is 4.98 Å². The summed E-state index contributed by atoms with van der Waals surface area (Å²) >= 11 is 0. The van der Waals surface area contributed by atoms with Gasteiger partial charge in [0.25, 0.3) is 0 Å². The Labute approximate surface area is 90.5 Å². The molecular formula is C12H18N2O. The standard InChI is InChI=1S/C12H18N2O/c1-9-2-7-14-11(8-9)12(15)10-3-5-13-6-4-10/h3-6,9,11-12,14-15H,2,7-8H2,1H3. The molecule has 0 saturated carbocycles. The van der Waals surface area contributed by atoms with Crippen molar-refractivity contribution in [2.45, 2.75) is 31.9 Å². The molecule has 15 heavy (non-hydrogen) atoms. The van der Waals surface area contributed by atoms with Gasteiger partial charge < -0.3 is 10.4 Å². The maximum atomic E-state index is 10.2. The molecular weight excluding hydrogens is 188 g/mol. The number of nitrogens with zero attached hydrogens (tertiary/aromatic N) is 1. The van der Waals surface area contributed by atoms with Crippen LogP contribution in [0, 0.1) is 5.92 Å². The number of piperidine rings is 1. The van der Waals surface area contributed by atoms with Crippen molar-refractivity contribution in [1.29, 1.82) is 0 Å².